The topological polar surface area (TPSA) is 119 Å². The number of ether oxygens (including phenoxy) is 2. The van der Waals surface area contributed by atoms with E-state index in [4.69, 9.17) is 15.2 Å². The van der Waals surface area contributed by atoms with E-state index in [1.165, 1.54) is 0 Å². The van der Waals surface area contributed by atoms with Crippen molar-refractivity contribution >= 4 is 0 Å². The molecule has 1 aromatic carbocycles. The van der Waals surface area contributed by atoms with Crippen molar-refractivity contribution in [3.8, 4) is 29.7 Å². The lowest BCUT2D eigenvalue weighted by molar-refractivity contribution is 0.205. The molecular formula is C23H25N5O2. The summed E-state index contributed by atoms with van der Waals surface area (Å²) in [4.78, 5) is 2.27. The van der Waals surface area contributed by atoms with Crippen LogP contribution in [0.25, 0.3) is 0 Å². The van der Waals surface area contributed by atoms with Gasteiger partial charge in [-0.25, -0.2) is 0 Å². The molecule has 0 saturated heterocycles. The maximum absolute atomic E-state index is 10.2. The monoisotopic (exact) mass is 403 g/mol. The lowest BCUT2D eigenvalue weighted by Gasteiger charge is -2.45. The summed E-state index contributed by atoms with van der Waals surface area (Å²) in [6, 6.07) is 11.8. The van der Waals surface area contributed by atoms with Crippen molar-refractivity contribution in [1.82, 2.24) is 4.90 Å². The van der Waals surface area contributed by atoms with Gasteiger partial charge in [0.1, 0.15) is 17.6 Å². The lowest BCUT2D eigenvalue weighted by atomic mass is 9.58. The first kappa shape index (κ1) is 21.2. The summed E-state index contributed by atoms with van der Waals surface area (Å²) >= 11 is 0. The number of rotatable bonds is 5. The molecule has 1 aromatic rings. The highest BCUT2D eigenvalue weighted by atomic mass is 16.5. The SMILES string of the molecule is CCCN1CC=C2C(C#N)=C(N)C(C#N)(C#N)[C@H](c3cc(OC)ccc3OC)[C@@H]2C1. The van der Waals surface area contributed by atoms with E-state index >= 15 is 0 Å². The van der Waals surface area contributed by atoms with Crippen molar-refractivity contribution < 1.29 is 9.47 Å². The van der Waals surface area contributed by atoms with Crippen LogP contribution in [-0.4, -0.2) is 38.8 Å². The maximum Gasteiger partial charge on any atom is 0.191 e. The van der Waals surface area contributed by atoms with Crippen LogP contribution in [0.4, 0.5) is 0 Å². The first-order chi connectivity index (χ1) is 14.5. The molecule has 0 amide bonds. The smallest absolute Gasteiger partial charge is 0.191 e. The van der Waals surface area contributed by atoms with Gasteiger partial charge in [-0.1, -0.05) is 13.0 Å². The Morgan fingerprint density at radius 1 is 1.20 bits per heavy atom. The van der Waals surface area contributed by atoms with Gasteiger partial charge < -0.3 is 15.2 Å². The fourth-order valence-corrected chi connectivity index (χ4v) is 4.66. The molecule has 1 aliphatic carbocycles. The molecule has 0 aromatic heterocycles. The third-order valence-corrected chi connectivity index (χ3v) is 6.05. The zero-order chi connectivity index (χ0) is 21.9. The zero-order valence-electron chi connectivity index (χ0n) is 17.5. The Balaban J connectivity index is 2.34. The fraction of sp³-hybridized carbons (Fsp3) is 0.435. The largest absolute Gasteiger partial charge is 0.497 e. The van der Waals surface area contributed by atoms with Crippen LogP contribution >= 0.6 is 0 Å². The predicted octanol–water partition coefficient (Wildman–Crippen LogP) is 2.84. The van der Waals surface area contributed by atoms with Crippen molar-refractivity contribution in [1.29, 1.82) is 15.8 Å². The quantitative estimate of drug-likeness (QED) is 0.803. The van der Waals surface area contributed by atoms with Crippen molar-refractivity contribution in [3.05, 3.63) is 46.7 Å². The zero-order valence-corrected chi connectivity index (χ0v) is 17.5. The normalized spacial score (nSPS) is 22.7. The molecule has 0 unspecified atom stereocenters. The van der Waals surface area contributed by atoms with Gasteiger partial charge in [-0.05, 0) is 36.7 Å². The maximum atomic E-state index is 10.2. The second-order valence-electron chi connectivity index (χ2n) is 7.54. The van der Waals surface area contributed by atoms with Crippen molar-refractivity contribution in [2.75, 3.05) is 33.9 Å². The minimum atomic E-state index is -1.69. The van der Waals surface area contributed by atoms with Crippen LogP contribution in [-0.2, 0) is 0 Å². The summed E-state index contributed by atoms with van der Waals surface area (Å²) in [5, 5.41) is 30.2. The van der Waals surface area contributed by atoms with Gasteiger partial charge >= 0.3 is 0 Å². The molecule has 1 aliphatic heterocycles. The molecule has 0 saturated carbocycles. The third kappa shape index (κ3) is 3.16. The van der Waals surface area contributed by atoms with Crippen LogP contribution in [0, 0.1) is 45.3 Å². The standard InChI is InChI=1S/C23H25N5O2/c1-4-8-28-9-7-16-18(11-24)22(27)23(13-25,14-26)21(19(16)12-28)17-10-15(29-2)5-6-20(17)30-3/h5-7,10,19,21H,4,8-9,12,27H2,1-3H3/t19-,21-/m1/s1. The van der Waals surface area contributed by atoms with Crippen LogP contribution in [0.2, 0.25) is 0 Å². The van der Waals surface area contributed by atoms with Crippen molar-refractivity contribution in [2.24, 2.45) is 17.1 Å². The fourth-order valence-electron chi connectivity index (χ4n) is 4.66. The summed E-state index contributed by atoms with van der Waals surface area (Å²) in [5.74, 6) is 0.278. The molecule has 3 rings (SSSR count). The highest BCUT2D eigenvalue weighted by Crippen LogP contribution is 2.56. The Morgan fingerprint density at radius 3 is 2.50 bits per heavy atom. The van der Waals surface area contributed by atoms with Crippen molar-refractivity contribution in [3.63, 3.8) is 0 Å². The molecule has 0 bridgehead atoms. The molecule has 7 nitrogen and oxygen atoms in total. The van der Waals surface area contributed by atoms with E-state index in [2.05, 4.69) is 30.0 Å². The van der Waals surface area contributed by atoms with E-state index in [1.54, 1.807) is 32.4 Å². The van der Waals surface area contributed by atoms with Gasteiger partial charge in [0.2, 0.25) is 0 Å². The number of methoxy groups -OCH3 is 2. The van der Waals surface area contributed by atoms with Gasteiger partial charge in [0.05, 0.1) is 37.6 Å². The highest BCUT2D eigenvalue weighted by molar-refractivity contribution is 5.61. The molecule has 7 heteroatoms. The Morgan fingerprint density at radius 2 is 1.93 bits per heavy atom. The van der Waals surface area contributed by atoms with E-state index in [9.17, 15) is 15.8 Å². The number of nitrogens with zero attached hydrogens (tertiary/aromatic N) is 4. The van der Waals surface area contributed by atoms with Gasteiger partial charge in [-0.3, -0.25) is 4.90 Å². The lowest BCUT2D eigenvalue weighted by Crippen LogP contribution is -2.48. The molecule has 2 N–H and O–H groups in total. The number of hydrogen-bond acceptors (Lipinski definition) is 7. The van der Waals surface area contributed by atoms with Crippen LogP contribution in [0.1, 0.15) is 24.8 Å². The van der Waals surface area contributed by atoms with Crippen LogP contribution in [0.15, 0.2) is 41.1 Å². The van der Waals surface area contributed by atoms with Crippen LogP contribution < -0.4 is 15.2 Å². The Labute approximate surface area is 177 Å². The van der Waals surface area contributed by atoms with Gasteiger partial charge in [0.25, 0.3) is 0 Å². The Hall–Kier alpha value is -3.47. The molecule has 30 heavy (non-hydrogen) atoms. The third-order valence-electron chi connectivity index (χ3n) is 6.05. The number of nitrogens with two attached hydrogens (primary N) is 1. The van der Waals surface area contributed by atoms with Crippen molar-refractivity contribution in [2.45, 2.75) is 19.3 Å². The van der Waals surface area contributed by atoms with E-state index < -0.39 is 11.3 Å². The Bertz CT molecular complexity index is 1010. The van der Waals surface area contributed by atoms with Gasteiger partial charge in [-0.2, -0.15) is 15.8 Å². The second kappa shape index (κ2) is 8.49. The van der Waals surface area contributed by atoms with E-state index in [0.29, 0.717) is 30.2 Å². The summed E-state index contributed by atoms with van der Waals surface area (Å²) in [6.45, 7) is 4.31. The number of hydrogen-bond donors (Lipinski definition) is 1. The molecule has 2 atom stereocenters. The predicted molar refractivity (Wildman–Crippen MR) is 111 cm³/mol. The molecule has 0 spiro atoms. The average Bonchev–Trinajstić information content (AvgIpc) is 2.78. The summed E-state index contributed by atoms with van der Waals surface area (Å²) < 4.78 is 11.0. The molecule has 154 valence electrons. The van der Waals surface area contributed by atoms with Gasteiger partial charge in [0.15, 0.2) is 5.41 Å². The number of nitriles is 3. The molecule has 1 heterocycles. The first-order valence-corrected chi connectivity index (χ1v) is 9.88. The van der Waals surface area contributed by atoms with E-state index in [-0.39, 0.29) is 17.2 Å². The average molecular weight is 403 g/mol. The van der Waals surface area contributed by atoms with Gasteiger partial charge in [-0.15, -0.1) is 0 Å². The summed E-state index contributed by atoms with van der Waals surface area (Å²) in [7, 11) is 3.11. The summed E-state index contributed by atoms with van der Waals surface area (Å²) in [6.07, 6.45) is 2.99. The van der Waals surface area contributed by atoms with E-state index in [0.717, 1.165) is 18.5 Å². The molecule has 0 fully saturated rings. The molecule has 2 aliphatic rings. The van der Waals surface area contributed by atoms with Gasteiger partial charge in [0, 0.05) is 30.5 Å². The van der Waals surface area contributed by atoms with Crippen LogP contribution in [0.5, 0.6) is 11.5 Å². The number of benzene rings is 1. The number of fused-ring (bicyclic) bond motifs is 1. The minimum Gasteiger partial charge on any atom is -0.497 e. The second-order valence-corrected chi connectivity index (χ2v) is 7.54. The molecular weight excluding hydrogens is 378 g/mol. The Kier molecular flexibility index (Phi) is 6.01. The molecule has 0 radical (unpaired) electrons. The summed E-state index contributed by atoms with van der Waals surface area (Å²) in [5.41, 5.74) is 6.41. The van der Waals surface area contributed by atoms with E-state index in [1.807, 2.05) is 6.08 Å². The number of allylic oxidation sites excluding steroid dienone is 2. The first-order valence-electron chi connectivity index (χ1n) is 9.88. The highest BCUT2D eigenvalue weighted by Gasteiger charge is 2.55. The minimum absolute atomic E-state index is 0.0105. The van der Waals surface area contributed by atoms with Crippen LogP contribution in [0.3, 0.4) is 0 Å².